The van der Waals surface area contributed by atoms with Crippen LogP contribution in [0.5, 0.6) is 11.5 Å². The van der Waals surface area contributed by atoms with E-state index in [1.165, 1.54) is 83.0 Å². The maximum absolute atomic E-state index is 6.64. The molecule has 0 unspecified atom stereocenters. The van der Waals surface area contributed by atoms with Crippen LogP contribution in [0.3, 0.4) is 0 Å². The lowest BCUT2D eigenvalue weighted by Crippen LogP contribution is -2.49. The third-order valence-corrected chi connectivity index (χ3v) is 14.7. The highest BCUT2D eigenvalue weighted by molar-refractivity contribution is 5.99. The Morgan fingerprint density at radius 2 is 0.917 bits per heavy atom. The van der Waals surface area contributed by atoms with Gasteiger partial charge in [-0.25, -0.2) is 15.0 Å². The van der Waals surface area contributed by atoms with E-state index < -0.39 is 5.41 Å². The van der Waals surface area contributed by atoms with Crippen LogP contribution in [-0.2, 0) is 10.8 Å². The molecule has 7 aromatic carbocycles. The Bertz CT molecular complexity index is 2940. The van der Waals surface area contributed by atoms with Crippen molar-refractivity contribution >= 4 is 0 Å². The van der Waals surface area contributed by atoms with Gasteiger partial charge in [-0.3, -0.25) is 0 Å². The first-order chi connectivity index (χ1) is 29.6. The average molecular weight is 774 g/mol. The number of ether oxygens (including phenoxy) is 1. The number of hydrogen-bond donors (Lipinski definition) is 0. The zero-order valence-corrected chi connectivity index (χ0v) is 33.4. The standard InChI is InChI=1S/C56H43N3O/c1-2-14-38(15-3-1)39-16-12-17-40(31-39)52-57-53(59-54(58-52)55-32-35-28-36(33-55)30-37(29-35)34-55)43-19-5-4-18-41(43)42-21-13-25-48-51(42)44-20-6-7-22-45(44)56(48)46-23-8-10-26-49(46)60-50-27-11-9-24-47(50)56/h1-27,31,35-37H,28-30,32-34H2. The fourth-order valence-corrected chi connectivity index (χ4v) is 12.8. The predicted molar refractivity (Wildman–Crippen MR) is 239 cm³/mol. The molecule has 4 heteroatoms. The van der Waals surface area contributed by atoms with Gasteiger partial charge in [-0.05, 0) is 119 Å². The molecule has 60 heavy (non-hydrogen) atoms. The molecule has 4 fully saturated rings. The maximum Gasteiger partial charge on any atom is 0.164 e. The molecule has 1 aliphatic heterocycles. The highest BCUT2D eigenvalue weighted by Gasteiger charge is 2.54. The molecule has 4 nitrogen and oxygen atoms in total. The van der Waals surface area contributed by atoms with Crippen LogP contribution in [0.2, 0.25) is 0 Å². The highest BCUT2D eigenvalue weighted by Crippen LogP contribution is 2.64. The molecule has 14 rings (SSSR count). The van der Waals surface area contributed by atoms with E-state index in [-0.39, 0.29) is 5.41 Å². The monoisotopic (exact) mass is 773 g/mol. The Balaban J connectivity index is 1.04. The van der Waals surface area contributed by atoms with Gasteiger partial charge in [-0.15, -0.1) is 0 Å². The van der Waals surface area contributed by atoms with Crippen molar-refractivity contribution in [3.8, 4) is 67.7 Å². The van der Waals surface area contributed by atoms with Crippen molar-refractivity contribution in [3.05, 3.63) is 198 Å². The molecule has 1 spiro atoms. The van der Waals surface area contributed by atoms with Crippen molar-refractivity contribution < 1.29 is 4.74 Å². The van der Waals surface area contributed by atoms with Gasteiger partial charge >= 0.3 is 0 Å². The summed E-state index contributed by atoms with van der Waals surface area (Å²) in [4.78, 5) is 16.6. The lowest BCUT2D eigenvalue weighted by Gasteiger charge is -2.56. The van der Waals surface area contributed by atoms with E-state index in [0.717, 1.165) is 69.0 Å². The number of para-hydroxylation sites is 2. The van der Waals surface area contributed by atoms with Crippen molar-refractivity contribution in [3.63, 3.8) is 0 Å². The Hall–Kier alpha value is -6.65. The first-order valence-corrected chi connectivity index (χ1v) is 21.8. The summed E-state index contributed by atoms with van der Waals surface area (Å²) in [5.41, 5.74) is 13.5. The minimum absolute atomic E-state index is 0.00365. The smallest absolute Gasteiger partial charge is 0.164 e. The van der Waals surface area contributed by atoms with Gasteiger partial charge in [0.05, 0.1) is 5.41 Å². The van der Waals surface area contributed by atoms with Gasteiger partial charge in [-0.1, -0.05) is 152 Å². The second-order valence-corrected chi connectivity index (χ2v) is 18.1. The molecule has 0 atom stereocenters. The van der Waals surface area contributed by atoms with Gasteiger partial charge in [0, 0.05) is 27.7 Å². The largest absolute Gasteiger partial charge is 0.457 e. The quantitative estimate of drug-likeness (QED) is 0.175. The lowest BCUT2D eigenvalue weighted by atomic mass is 9.49. The predicted octanol–water partition coefficient (Wildman–Crippen LogP) is 13.5. The molecule has 288 valence electrons. The fourth-order valence-electron chi connectivity index (χ4n) is 12.8. The van der Waals surface area contributed by atoms with Crippen LogP contribution >= 0.6 is 0 Å². The molecular weight excluding hydrogens is 731 g/mol. The first kappa shape index (κ1) is 34.2. The van der Waals surface area contributed by atoms with E-state index in [4.69, 9.17) is 19.7 Å². The summed E-state index contributed by atoms with van der Waals surface area (Å²) in [5.74, 6) is 6.63. The maximum atomic E-state index is 6.64. The fraction of sp³-hybridized carbons (Fsp3) is 0.196. The summed E-state index contributed by atoms with van der Waals surface area (Å²) in [6.07, 6.45) is 7.67. The van der Waals surface area contributed by atoms with Crippen molar-refractivity contribution in [2.75, 3.05) is 0 Å². The van der Waals surface area contributed by atoms with Gasteiger partial charge in [0.2, 0.25) is 0 Å². The number of fused-ring (bicyclic) bond motifs is 9. The van der Waals surface area contributed by atoms with Gasteiger partial charge in [-0.2, -0.15) is 0 Å². The summed E-state index contributed by atoms with van der Waals surface area (Å²) in [5, 5.41) is 0. The molecule has 0 amide bonds. The molecule has 4 saturated carbocycles. The molecule has 0 N–H and O–H groups in total. The highest BCUT2D eigenvalue weighted by atomic mass is 16.5. The normalized spacial score (nSPS) is 22.1. The summed E-state index contributed by atoms with van der Waals surface area (Å²) in [6.45, 7) is 0. The van der Waals surface area contributed by atoms with Crippen molar-refractivity contribution in [1.29, 1.82) is 0 Å². The van der Waals surface area contributed by atoms with E-state index >= 15 is 0 Å². The van der Waals surface area contributed by atoms with E-state index in [0.29, 0.717) is 0 Å². The van der Waals surface area contributed by atoms with E-state index in [1.54, 1.807) is 0 Å². The Labute approximate surface area is 351 Å². The second kappa shape index (κ2) is 12.9. The molecule has 0 radical (unpaired) electrons. The molecule has 5 aliphatic carbocycles. The molecule has 2 heterocycles. The molecule has 1 aromatic heterocycles. The van der Waals surface area contributed by atoms with Gasteiger partial charge in [0.25, 0.3) is 0 Å². The lowest BCUT2D eigenvalue weighted by molar-refractivity contribution is -0.00938. The Morgan fingerprint density at radius 3 is 1.63 bits per heavy atom. The summed E-state index contributed by atoms with van der Waals surface area (Å²) >= 11 is 0. The Morgan fingerprint density at radius 1 is 0.400 bits per heavy atom. The minimum atomic E-state index is -0.544. The first-order valence-electron chi connectivity index (χ1n) is 21.8. The third-order valence-electron chi connectivity index (χ3n) is 14.7. The number of hydrogen-bond acceptors (Lipinski definition) is 4. The van der Waals surface area contributed by atoms with Crippen LogP contribution in [0.25, 0.3) is 56.2 Å². The summed E-state index contributed by atoms with van der Waals surface area (Å²) in [6, 6.07) is 61.3. The van der Waals surface area contributed by atoms with Crippen molar-refractivity contribution in [2.45, 2.75) is 49.4 Å². The van der Waals surface area contributed by atoms with E-state index in [2.05, 4.69) is 170 Å². The van der Waals surface area contributed by atoms with Gasteiger partial charge in [0.1, 0.15) is 17.3 Å². The van der Waals surface area contributed by atoms with E-state index in [1.807, 2.05) is 0 Å². The molecule has 6 aliphatic rings. The van der Waals surface area contributed by atoms with Crippen LogP contribution in [-0.4, -0.2) is 15.0 Å². The van der Waals surface area contributed by atoms with Gasteiger partial charge in [0.15, 0.2) is 11.6 Å². The number of benzene rings is 7. The van der Waals surface area contributed by atoms with Gasteiger partial charge < -0.3 is 4.74 Å². The topological polar surface area (TPSA) is 47.9 Å². The number of nitrogens with zero attached hydrogens (tertiary/aromatic N) is 3. The minimum Gasteiger partial charge on any atom is -0.457 e. The average Bonchev–Trinajstić information content (AvgIpc) is 3.59. The zero-order chi connectivity index (χ0) is 39.4. The van der Waals surface area contributed by atoms with Crippen molar-refractivity contribution in [1.82, 2.24) is 15.0 Å². The van der Waals surface area contributed by atoms with Crippen LogP contribution in [0, 0.1) is 17.8 Å². The van der Waals surface area contributed by atoms with Crippen LogP contribution < -0.4 is 4.74 Å². The van der Waals surface area contributed by atoms with Crippen LogP contribution in [0.15, 0.2) is 170 Å². The SMILES string of the molecule is c1ccc(-c2cccc(-c3nc(-c4ccccc4-c4cccc5c4-c4ccccc4C54c5ccccc5Oc5ccccc54)nc(C45CC6CC(CC(C6)C4)C5)n3)c2)cc1. The number of aromatic nitrogens is 3. The van der Waals surface area contributed by atoms with Crippen LogP contribution in [0.4, 0.5) is 0 Å². The summed E-state index contributed by atoms with van der Waals surface area (Å²) in [7, 11) is 0. The van der Waals surface area contributed by atoms with Crippen LogP contribution in [0.1, 0.15) is 66.6 Å². The molecular formula is C56H43N3O. The van der Waals surface area contributed by atoms with E-state index in [9.17, 15) is 0 Å². The molecule has 0 saturated heterocycles. The molecule has 8 aromatic rings. The Kier molecular flexibility index (Phi) is 7.37. The summed E-state index contributed by atoms with van der Waals surface area (Å²) < 4.78 is 6.64. The zero-order valence-electron chi connectivity index (χ0n) is 33.4. The second-order valence-electron chi connectivity index (χ2n) is 18.1. The van der Waals surface area contributed by atoms with Crippen molar-refractivity contribution in [2.24, 2.45) is 17.8 Å². The third kappa shape index (κ3) is 4.94. The molecule has 4 bridgehead atoms. The number of rotatable bonds is 5.